The number of aromatic nitrogens is 5. The van der Waals surface area contributed by atoms with E-state index in [1.807, 2.05) is 19.9 Å². The summed E-state index contributed by atoms with van der Waals surface area (Å²) in [6.45, 7) is 3.79. The minimum atomic E-state index is -0.642. The maximum atomic E-state index is 13.0. The molecule has 0 unspecified atom stereocenters. The van der Waals surface area contributed by atoms with Crippen LogP contribution in [0, 0.1) is 13.8 Å². The molecule has 0 fully saturated rings. The van der Waals surface area contributed by atoms with Crippen molar-refractivity contribution in [2.24, 2.45) is 0 Å². The largest absolute Gasteiger partial charge is 0.497 e. The highest BCUT2D eigenvalue weighted by Gasteiger charge is 2.25. The van der Waals surface area contributed by atoms with Gasteiger partial charge in [0.05, 0.1) is 7.11 Å². The first-order chi connectivity index (χ1) is 12.1. The molecule has 2 aromatic heterocycles. The maximum absolute atomic E-state index is 13.0. The van der Waals surface area contributed by atoms with E-state index in [0.29, 0.717) is 16.5 Å². The van der Waals surface area contributed by atoms with Crippen molar-refractivity contribution in [3.63, 3.8) is 0 Å². The van der Waals surface area contributed by atoms with Crippen molar-refractivity contribution in [1.29, 1.82) is 0 Å². The molecule has 0 N–H and O–H groups in total. The summed E-state index contributed by atoms with van der Waals surface area (Å²) in [7, 11) is 1.59. The van der Waals surface area contributed by atoms with Gasteiger partial charge in [-0.2, -0.15) is 5.10 Å². The second-order valence-corrected chi connectivity index (χ2v) is 6.42. The van der Waals surface area contributed by atoms with Crippen molar-refractivity contribution in [3.05, 3.63) is 59.9 Å². The van der Waals surface area contributed by atoms with Crippen LogP contribution in [0.5, 0.6) is 5.75 Å². The third kappa shape index (κ3) is 4.03. The van der Waals surface area contributed by atoms with Gasteiger partial charge < -0.3 is 4.74 Å². The first kappa shape index (κ1) is 17.1. The molecule has 8 heteroatoms. The summed E-state index contributed by atoms with van der Waals surface area (Å²) in [5.41, 5.74) is 2.26. The molecule has 2 heterocycles. The first-order valence-electron chi connectivity index (χ1n) is 7.58. The average molecular weight is 355 g/mol. The van der Waals surface area contributed by atoms with E-state index < -0.39 is 5.37 Å². The van der Waals surface area contributed by atoms with Gasteiger partial charge in [0.15, 0.2) is 16.3 Å². The molecule has 0 bridgehead atoms. The lowest BCUT2D eigenvalue weighted by Gasteiger charge is -2.15. The number of ether oxygens (including phenoxy) is 1. The number of carbonyl (C=O) groups is 1. The van der Waals surface area contributed by atoms with Crippen LogP contribution in [0.2, 0.25) is 0 Å². The molecular formula is C17H17N5O2S. The Hall–Kier alpha value is -2.74. The molecular weight excluding hydrogens is 338 g/mol. The Balaban J connectivity index is 1.93. The number of hydrogen-bond acceptors (Lipinski definition) is 7. The van der Waals surface area contributed by atoms with E-state index in [-0.39, 0.29) is 5.78 Å². The number of thioether (sulfide) groups is 1. The number of hydrogen-bond donors (Lipinski definition) is 0. The van der Waals surface area contributed by atoms with Gasteiger partial charge in [-0.15, -0.1) is 0 Å². The highest BCUT2D eigenvalue weighted by atomic mass is 32.2. The molecule has 0 saturated heterocycles. The predicted octanol–water partition coefficient (Wildman–Crippen LogP) is 2.87. The number of methoxy groups -OCH3 is 1. The van der Waals surface area contributed by atoms with Crippen LogP contribution < -0.4 is 4.74 Å². The van der Waals surface area contributed by atoms with Crippen LogP contribution in [0.25, 0.3) is 0 Å². The van der Waals surface area contributed by atoms with Crippen molar-refractivity contribution in [3.8, 4) is 5.75 Å². The zero-order valence-electron chi connectivity index (χ0n) is 14.1. The van der Waals surface area contributed by atoms with E-state index >= 15 is 0 Å². The lowest BCUT2D eigenvalue weighted by Crippen LogP contribution is -2.18. The number of aryl methyl sites for hydroxylation is 2. The lowest BCUT2D eigenvalue weighted by molar-refractivity contribution is 0.0962. The molecule has 1 aromatic carbocycles. The summed E-state index contributed by atoms with van der Waals surface area (Å²) in [5.74, 6) is 0.583. The van der Waals surface area contributed by atoms with Crippen LogP contribution >= 0.6 is 11.8 Å². The highest BCUT2D eigenvalue weighted by molar-refractivity contribution is 7.99. The number of Topliss-reactive ketones (excluding diaryl/α,β-unsaturated/α-hetero) is 1. The van der Waals surface area contributed by atoms with Gasteiger partial charge in [0.25, 0.3) is 0 Å². The summed E-state index contributed by atoms with van der Waals surface area (Å²) in [4.78, 5) is 25.8. The van der Waals surface area contributed by atoms with E-state index in [1.165, 1.54) is 29.1 Å². The molecule has 0 spiro atoms. The van der Waals surface area contributed by atoms with Gasteiger partial charge >= 0.3 is 0 Å². The molecule has 3 aromatic rings. The SMILES string of the molecule is COc1ccc(C(=O)[C@H](Sc2nc(C)cc(C)n2)n2cncn2)cc1. The summed E-state index contributed by atoms with van der Waals surface area (Å²) >= 11 is 1.25. The summed E-state index contributed by atoms with van der Waals surface area (Å²) in [5, 5.41) is 4.01. The quantitative estimate of drug-likeness (QED) is 0.382. The molecule has 3 rings (SSSR count). The fourth-order valence-corrected chi connectivity index (χ4v) is 3.36. The first-order valence-corrected chi connectivity index (χ1v) is 8.46. The van der Waals surface area contributed by atoms with Crippen molar-refractivity contribution < 1.29 is 9.53 Å². The predicted molar refractivity (Wildman–Crippen MR) is 93.7 cm³/mol. The average Bonchev–Trinajstić information content (AvgIpc) is 3.12. The molecule has 0 aliphatic carbocycles. The van der Waals surface area contributed by atoms with Gasteiger partial charge in [0.2, 0.25) is 0 Å². The Morgan fingerprint density at radius 1 is 1.16 bits per heavy atom. The number of nitrogens with zero attached hydrogens (tertiary/aromatic N) is 5. The molecule has 0 aliphatic rings. The van der Waals surface area contributed by atoms with E-state index in [9.17, 15) is 4.79 Å². The highest BCUT2D eigenvalue weighted by Crippen LogP contribution is 2.31. The van der Waals surface area contributed by atoms with E-state index in [0.717, 1.165) is 11.4 Å². The third-order valence-corrected chi connectivity index (χ3v) is 4.50. The molecule has 1 atom stereocenters. The van der Waals surface area contributed by atoms with Gasteiger partial charge in [-0.05, 0) is 44.2 Å². The smallest absolute Gasteiger partial charge is 0.198 e. The maximum Gasteiger partial charge on any atom is 0.198 e. The number of carbonyl (C=O) groups excluding carboxylic acids is 1. The Morgan fingerprint density at radius 3 is 2.40 bits per heavy atom. The van der Waals surface area contributed by atoms with Gasteiger partial charge in [-0.3, -0.25) is 4.79 Å². The normalized spacial score (nSPS) is 12.0. The molecule has 0 radical (unpaired) electrons. The number of ketones is 1. The topological polar surface area (TPSA) is 82.8 Å². The second-order valence-electron chi connectivity index (χ2n) is 5.37. The van der Waals surface area contributed by atoms with Gasteiger partial charge in [0.1, 0.15) is 18.4 Å². The molecule has 128 valence electrons. The van der Waals surface area contributed by atoms with Gasteiger partial charge in [-0.1, -0.05) is 11.8 Å². The van der Waals surface area contributed by atoms with Crippen molar-refractivity contribution in [2.75, 3.05) is 7.11 Å². The Kier molecular flexibility index (Phi) is 5.08. The van der Waals surface area contributed by atoms with E-state index in [4.69, 9.17) is 4.74 Å². The monoisotopic (exact) mass is 355 g/mol. The van der Waals surface area contributed by atoms with Crippen LogP contribution in [0.1, 0.15) is 27.1 Å². The molecule has 0 saturated carbocycles. The van der Waals surface area contributed by atoms with E-state index in [2.05, 4.69) is 20.1 Å². The summed E-state index contributed by atoms with van der Waals surface area (Å²) in [6.07, 6.45) is 2.92. The van der Waals surface area contributed by atoms with Crippen molar-refractivity contribution in [2.45, 2.75) is 24.4 Å². The molecule has 0 amide bonds. The van der Waals surface area contributed by atoms with Crippen LogP contribution in [0.4, 0.5) is 0 Å². The second kappa shape index (κ2) is 7.43. The van der Waals surface area contributed by atoms with Crippen LogP contribution in [0.15, 0.2) is 48.1 Å². The van der Waals surface area contributed by atoms with Crippen LogP contribution in [-0.2, 0) is 0 Å². The number of rotatable bonds is 6. The minimum absolute atomic E-state index is 0.110. The zero-order valence-corrected chi connectivity index (χ0v) is 14.9. The van der Waals surface area contributed by atoms with Crippen molar-refractivity contribution >= 4 is 17.5 Å². The fraction of sp³-hybridized carbons (Fsp3) is 0.235. The van der Waals surface area contributed by atoms with Gasteiger partial charge in [-0.25, -0.2) is 19.6 Å². The standard InChI is InChI=1S/C17H17N5O2S/c1-11-8-12(2)21-17(20-11)25-16(22-10-18-9-19-22)15(23)13-4-6-14(24-3)7-5-13/h4-10,16H,1-3H3/t16-/m0/s1. The van der Waals surface area contributed by atoms with Crippen molar-refractivity contribution in [1.82, 2.24) is 24.7 Å². The minimum Gasteiger partial charge on any atom is -0.497 e. The summed E-state index contributed by atoms with van der Waals surface area (Å²) < 4.78 is 6.65. The molecule has 7 nitrogen and oxygen atoms in total. The molecule has 0 aliphatic heterocycles. The van der Waals surface area contributed by atoms with Crippen LogP contribution in [-0.4, -0.2) is 37.6 Å². The van der Waals surface area contributed by atoms with E-state index in [1.54, 1.807) is 31.4 Å². The Morgan fingerprint density at radius 2 is 1.84 bits per heavy atom. The van der Waals surface area contributed by atoms with Crippen LogP contribution in [0.3, 0.4) is 0 Å². The van der Waals surface area contributed by atoms with Gasteiger partial charge in [0, 0.05) is 17.0 Å². The number of benzene rings is 1. The Labute approximate surface area is 149 Å². The zero-order chi connectivity index (χ0) is 17.8. The fourth-order valence-electron chi connectivity index (χ4n) is 2.31. The Bertz CT molecular complexity index is 845. The third-order valence-electron chi connectivity index (χ3n) is 3.45. The lowest BCUT2D eigenvalue weighted by atomic mass is 10.1. The molecule has 25 heavy (non-hydrogen) atoms. The summed E-state index contributed by atoms with van der Waals surface area (Å²) in [6, 6.07) is 8.86.